The quantitative estimate of drug-likeness (QED) is 0.501. The second-order valence-corrected chi connectivity index (χ2v) is 1.67. The van der Waals surface area contributed by atoms with Crippen molar-refractivity contribution in [1.82, 2.24) is 0 Å². The molecule has 0 fully saturated rings. The standard InChI is InChI=1S/C5H10BO.Y/c1-5(6)3-2-4-7;/h7H,2-4H2,1H3;/q-1;. The third-order valence-electron chi connectivity index (χ3n) is 0.729. The zero-order valence-corrected chi connectivity index (χ0v) is 8.06. The molecule has 0 saturated carbocycles. The van der Waals surface area contributed by atoms with Gasteiger partial charge in [0.05, 0.1) is 0 Å². The van der Waals surface area contributed by atoms with Crippen molar-refractivity contribution in [2.24, 2.45) is 0 Å². The van der Waals surface area contributed by atoms with Gasteiger partial charge in [-0.2, -0.15) is 21.2 Å². The molecule has 0 saturated heterocycles. The average Bonchev–Trinajstić information content (AvgIpc) is 1.61. The van der Waals surface area contributed by atoms with Crippen LogP contribution >= 0.6 is 0 Å². The number of hydrogen-bond acceptors (Lipinski definition) is 1. The SMILES string of the molecule is [B][C-](C)CCCO.[Y]. The van der Waals surface area contributed by atoms with Gasteiger partial charge in [0.1, 0.15) is 0 Å². The second kappa shape index (κ2) is 8.13. The summed E-state index contributed by atoms with van der Waals surface area (Å²) < 4.78 is 0. The Morgan fingerprint density at radius 1 is 1.62 bits per heavy atom. The molecule has 0 amide bonds. The molecule has 0 atom stereocenters. The molecule has 1 nitrogen and oxygen atoms in total. The maximum atomic E-state index is 8.25. The fourth-order valence-corrected chi connectivity index (χ4v) is 0.358. The molecule has 0 aliphatic carbocycles. The molecule has 0 rings (SSSR count). The van der Waals surface area contributed by atoms with Crippen LogP contribution in [-0.4, -0.2) is 19.6 Å². The number of aliphatic hydroxyl groups excluding tert-OH is 1. The first kappa shape index (κ1) is 11.9. The van der Waals surface area contributed by atoms with E-state index in [1.165, 1.54) is 0 Å². The summed E-state index contributed by atoms with van der Waals surface area (Å²) in [6, 6.07) is 0. The van der Waals surface area contributed by atoms with E-state index in [9.17, 15) is 0 Å². The Morgan fingerprint density at radius 3 is 2.25 bits per heavy atom. The van der Waals surface area contributed by atoms with Crippen molar-refractivity contribution in [3.05, 3.63) is 5.82 Å². The summed E-state index contributed by atoms with van der Waals surface area (Å²) in [5, 5.41) is 8.25. The van der Waals surface area contributed by atoms with Crippen LogP contribution in [0.25, 0.3) is 0 Å². The molecular formula is C5H10BOY-. The number of rotatable bonds is 3. The predicted molar refractivity (Wildman–Crippen MR) is 31.0 cm³/mol. The van der Waals surface area contributed by atoms with Crippen molar-refractivity contribution >= 4 is 7.85 Å². The third kappa shape index (κ3) is 10.2. The molecule has 0 unspecified atom stereocenters. The Kier molecular flexibility index (Phi) is 12.1. The Balaban J connectivity index is 0. The molecule has 0 bridgehead atoms. The van der Waals surface area contributed by atoms with Crippen LogP contribution in [0.15, 0.2) is 0 Å². The fraction of sp³-hybridized carbons (Fsp3) is 0.800. The van der Waals surface area contributed by atoms with Gasteiger partial charge in [-0.3, -0.25) is 0 Å². The van der Waals surface area contributed by atoms with Crippen molar-refractivity contribution in [3.63, 3.8) is 0 Å². The minimum Gasteiger partial charge on any atom is -0.396 e. The Bertz CT molecular complexity index is 41.4. The fourth-order valence-electron chi connectivity index (χ4n) is 0.358. The van der Waals surface area contributed by atoms with Crippen LogP contribution in [-0.2, 0) is 32.7 Å². The van der Waals surface area contributed by atoms with Crippen molar-refractivity contribution < 1.29 is 37.8 Å². The van der Waals surface area contributed by atoms with Crippen molar-refractivity contribution in [1.29, 1.82) is 0 Å². The summed E-state index contributed by atoms with van der Waals surface area (Å²) in [6.07, 6.45) is 1.64. The van der Waals surface area contributed by atoms with Crippen LogP contribution in [0.2, 0.25) is 0 Å². The smallest absolute Gasteiger partial charge is 0.0406 e. The van der Waals surface area contributed by atoms with Crippen molar-refractivity contribution in [2.75, 3.05) is 6.61 Å². The van der Waals surface area contributed by atoms with Gasteiger partial charge in [-0.1, -0.05) is 6.42 Å². The molecule has 0 aliphatic rings. The van der Waals surface area contributed by atoms with E-state index in [-0.39, 0.29) is 39.3 Å². The molecule has 0 aliphatic heterocycles. The molecule has 43 valence electrons. The van der Waals surface area contributed by atoms with Gasteiger partial charge in [0, 0.05) is 39.3 Å². The Hall–Kier alpha value is 1.13. The van der Waals surface area contributed by atoms with Crippen molar-refractivity contribution in [2.45, 2.75) is 19.8 Å². The topological polar surface area (TPSA) is 20.2 Å². The summed E-state index contributed by atoms with van der Waals surface area (Å²) in [7, 11) is 5.28. The average molecular weight is 186 g/mol. The normalized spacial score (nSPS) is 8.88. The van der Waals surface area contributed by atoms with E-state index in [4.69, 9.17) is 13.0 Å². The largest absolute Gasteiger partial charge is 0.396 e. The van der Waals surface area contributed by atoms with Crippen LogP contribution in [0.5, 0.6) is 0 Å². The van der Waals surface area contributed by atoms with Crippen LogP contribution in [0.1, 0.15) is 19.8 Å². The summed E-state index contributed by atoms with van der Waals surface area (Å²) >= 11 is 0. The summed E-state index contributed by atoms with van der Waals surface area (Å²) in [5.74, 6) is 0.897. The maximum absolute atomic E-state index is 8.25. The van der Waals surface area contributed by atoms with Crippen LogP contribution in [0.4, 0.5) is 0 Å². The monoisotopic (exact) mass is 186 g/mol. The van der Waals surface area contributed by atoms with E-state index < -0.39 is 0 Å². The third-order valence-corrected chi connectivity index (χ3v) is 0.729. The zero-order chi connectivity index (χ0) is 5.70. The van der Waals surface area contributed by atoms with Crippen LogP contribution in [0.3, 0.4) is 0 Å². The van der Waals surface area contributed by atoms with Crippen LogP contribution in [0, 0.1) is 5.82 Å². The number of aliphatic hydroxyl groups is 1. The Labute approximate surface area is 77.5 Å². The molecular weight excluding hydrogens is 176 g/mol. The molecule has 3 radical (unpaired) electrons. The molecule has 0 aromatic carbocycles. The first-order chi connectivity index (χ1) is 3.27. The summed E-state index contributed by atoms with van der Waals surface area (Å²) in [5.41, 5.74) is 0. The first-order valence-corrected chi connectivity index (χ1v) is 2.46. The molecule has 0 aromatic heterocycles. The summed E-state index contributed by atoms with van der Waals surface area (Å²) in [4.78, 5) is 0. The van der Waals surface area contributed by atoms with Gasteiger partial charge < -0.3 is 10.9 Å². The molecule has 1 N–H and O–H groups in total. The van der Waals surface area contributed by atoms with Gasteiger partial charge in [-0.05, 0) is 0 Å². The minimum atomic E-state index is 0. The van der Waals surface area contributed by atoms with E-state index in [0.717, 1.165) is 18.7 Å². The zero-order valence-electron chi connectivity index (χ0n) is 5.22. The van der Waals surface area contributed by atoms with E-state index in [1.54, 1.807) is 0 Å². The van der Waals surface area contributed by atoms with Gasteiger partial charge >= 0.3 is 0 Å². The van der Waals surface area contributed by atoms with Gasteiger partial charge in [0.15, 0.2) is 0 Å². The summed E-state index contributed by atoms with van der Waals surface area (Å²) in [6.45, 7) is 2.10. The molecule has 0 aromatic rings. The first-order valence-electron chi connectivity index (χ1n) is 2.46. The molecule has 8 heavy (non-hydrogen) atoms. The van der Waals surface area contributed by atoms with Gasteiger partial charge in [0.2, 0.25) is 0 Å². The van der Waals surface area contributed by atoms with E-state index in [2.05, 4.69) is 0 Å². The van der Waals surface area contributed by atoms with Gasteiger partial charge in [-0.15, -0.1) is 0 Å². The maximum Gasteiger partial charge on any atom is 0.0406 e. The molecule has 3 heteroatoms. The van der Waals surface area contributed by atoms with Gasteiger partial charge in [-0.25, -0.2) is 0 Å². The second-order valence-electron chi connectivity index (χ2n) is 1.67. The van der Waals surface area contributed by atoms with E-state index >= 15 is 0 Å². The molecule has 0 heterocycles. The van der Waals surface area contributed by atoms with Crippen molar-refractivity contribution in [3.8, 4) is 0 Å². The van der Waals surface area contributed by atoms with Gasteiger partial charge in [0.25, 0.3) is 0 Å². The van der Waals surface area contributed by atoms with Crippen LogP contribution < -0.4 is 0 Å². The Morgan fingerprint density at radius 2 is 2.12 bits per heavy atom. The number of hydrogen-bond donors (Lipinski definition) is 1. The minimum absolute atomic E-state index is 0. The van der Waals surface area contributed by atoms with E-state index in [1.807, 2.05) is 6.92 Å². The van der Waals surface area contributed by atoms with E-state index in [0.29, 0.717) is 0 Å². The predicted octanol–water partition coefficient (Wildman–Crippen LogP) is 0.477. The molecule has 0 spiro atoms.